The number of terminal acetylenes is 1. The number of benzene rings is 1. The van der Waals surface area contributed by atoms with Crippen LogP contribution in [-0.2, 0) is 16.1 Å². The van der Waals surface area contributed by atoms with E-state index in [-0.39, 0.29) is 19.1 Å². The average molecular weight is 259 g/mol. The van der Waals surface area contributed by atoms with Crippen LogP contribution in [0.3, 0.4) is 0 Å². The fourth-order valence-corrected chi connectivity index (χ4v) is 1.51. The first-order chi connectivity index (χ1) is 9.15. The topological polar surface area (TPSA) is 46.6 Å². The summed E-state index contributed by atoms with van der Waals surface area (Å²) < 4.78 is 5.10. The van der Waals surface area contributed by atoms with E-state index >= 15 is 0 Å². The number of hydrogen-bond donors (Lipinski definition) is 0. The number of ether oxygens (including phenoxy) is 1. The lowest BCUT2D eigenvalue weighted by molar-refractivity contribution is -0.127. The zero-order chi connectivity index (χ0) is 14.1. The molecule has 0 bridgehead atoms. The van der Waals surface area contributed by atoms with Crippen molar-refractivity contribution in [3.8, 4) is 12.3 Å². The molecule has 19 heavy (non-hydrogen) atoms. The van der Waals surface area contributed by atoms with Gasteiger partial charge in [0.25, 0.3) is 0 Å². The van der Waals surface area contributed by atoms with E-state index in [0.29, 0.717) is 12.8 Å². The van der Waals surface area contributed by atoms with Crippen LogP contribution >= 0.6 is 0 Å². The van der Waals surface area contributed by atoms with Crippen LogP contribution in [0.4, 0.5) is 4.79 Å². The predicted molar refractivity (Wildman–Crippen MR) is 72.1 cm³/mol. The number of carbonyl (C=O) groups is 2. The summed E-state index contributed by atoms with van der Waals surface area (Å²) in [6.45, 7) is 1.77. The van der Waals surface area contributed by atoms with Gasteiger partial charge in [0.05, 0.1) is 0 Å². The van der Waals surface area contributed by atoms with Gasteiger partial charge in [-0.25, -0.2) is 9.69 Å². The molecule has 0 fully saturated rings. The van der Waals surface area contributed by atoms with Crippen LogP contribution in [0.2, 0.25) is 0 Å². The van der Waals surface area contributed by atoms with E-state index in [0.717, 1.165) is 10.5 Å². The maximum absolute atomic E-state index is 11.8. The molecule has 0 heterocycles. The normalized spacial score (nSPS) is 9.47. The summed E-state index contributed by atoms with van der Waals surface area (Å²) in [5.74, 6) is 2.13. The Morgan fingerprint density at radius 3 is 2.58 bits per heavy atom. The van der Waals surface area contributed by atoms with Crippen molar-refractivity contribution < 1.29 is 14.3 Å². The maximum Gasteiger partial charge on any atom is 0.416 e. The standard InChI is InChI=1S/C15H17NO3/c1-3-4-8-11-16(13(2)17)15(18)19-12-14-9-6-5-7-10-14/h1,5-7,9-10H,4,8,11-12H2,2H3. The molecule has 4 nitrogen and oxygen atoms in total. The Morgan fingerprint density at radius 1 is 1.32 bits per heavy atom. The van der Waals surface area contributed by atoms with Crippen molar-refractivity contribution in [2.24, 2.45) is 0 Å². The number of unbranched alkanes of at least 4 members (excludes halogenated alkanes) is 1. The highest BCUT2D eigenvalue weighted by Gasteiger charge is 2.18. The summed E-state index contributed by atoms with van der Waals surface area (Å²) in [4.78, 5) is 24.2. The zero-order valence-corrected chi connectivity index (χ0v) is 11.0. The molecule has 0 atom stereocenters. The molecule has 0 radical (unpaired) electrons. The highest BCUT2D eigenvalue weighted by molar-refractivity contribution is 5.90. The lowest BCUT2D eigenvalue weighted by Crippen LogP contribution is -2.36. The van der Waals surface area contributed by atoms with Crippen molar-refractivity contribution in [1.82, 2.24) is 4.90 Å². The van der Waals surface area contributed by atoms with Crippen molar-refractivity contribution in [3.05, 3.63) is 35.9 Å². The molecule has 1 rings (SSSR count). The van der Waals surface area contributed by atoms with E-state index in [2.05, 4.69) is 5.92 Å². The summed E-state index contributed by atoms with van der Waals surface area (Å²) in [6.07, 6.45) is 5.60. The highest BCUT2D eigenvalue weighted by atomic mass is 16.6. The summed E-state index contributed by atoms with van der Waals surface area (Å²) >= 11 is 0. The molecule has 0 aliphatic rings. The van der Waals surface area contributed by atoms with Crippen molar-refractivity contribution >= 4 is 12.0 Å². The first-order valence-electron chi connectivity index (χ1n) is 6.07. The minimum absolute atomic E-state index is 0.151. The van der Waals surface area contributed by atoms with Crippen LogP contribution < -0.4 is 0 Å². The molecule has 0 spiro atoms. The van der Waals surface area contributed by atoms with E-state index in [9.17, 15) is 9.59 Å². The molecule has 0 aromatic heterocycles. The molecule has 0 saturated carbocycles. The zero-order valence-electron chi connectivity index (χ0n) is 11.0. The van der Waals surface area contributed by atoms with Gasteiger partial charge < -0.3 is 4.74 Å². The van der Waals surface area contributed by atoms with Crippen molar-refractivity contribution in [2.75, 3.05) is 6.54 Å². The molecular weight excluding hydrogens is 242 g/mol. The lowest BCUT2D eigenvalue weighted by Gasteiger charge is -2.18. The third-order valence-corrected chi connectivity index (χ3v) is 2.51. The second-order valence-corrected chi connectivity index (χ2v) is 4.02. The Balaban J connectivity index is 2.48. The van der Waals surface area contributed by atoms with Crippen LogP contribution in [-0.4, -0.2) is 23.4 Å². The highest BCUT2D eigenvalue weighted by Crippen LogP contribution is 2.05. The molecular formula is C15H17NO3. The van der Waals surface area contributed by atoms with Gasteiger partial charge in [-0.3, -0.25) is 4.79 Å². The first kappa shape index (κ1) is 14.8. The molecule has 0 unspecified atom stereocenters. The minimum atomic E-state index is -0.631. The van der Waals surface area contributed by atoms with Crippen molar-refractivity contribution in [1.29, 1.82) is 0 Å². The predicted octanol–water partition coefficient (Wildman–Crippen LogP) is 2.59. The minimum Gasteiger partial charge on any atom is -0.444 e. The van der Waals surface area contributed by atoms with Crippen molar-refractivity contribution in [3.63, 3.8) is 0 Å². The van der Waals surface area contributed by atoms with Crippen LogP contribution in [0.5, 0.6) is 0 Å². The monoisotopic (exact) mass is 259 g/mol. The molecule has 1 aromatic carbocycles. The van der Waals surface area contributed by atoms with Gasteiger partial charge in [-0.15, -0.1) is 12.3 Å². The van der Waals surface area contributed by atoms with E-state index in [4.69, 9.17) is 11.2 Å². The Morgan fingerprint density at radius 2 is 2.00 bits per heavy atom. The third kappa shape index (κ3) is 5.26. The number of rotatable bonds is 5. The van der Waals surface area contributed by atoms with Gasteiger partial charge in [-0.05, 0) is 12.0 Å². The molecule has 1 aromatic rings. The van der Waals surface area contributed by atoms with Gasteiger partial charge in [-0.2, -0.15) is 0 Å². The van der Waals surface area contributed by atoms with E-state index in [1.54, 1.807) is 0 Å². The Labute approximate surface area is 113 Å². The number of imide groups is 1. The van der Waals surface area contributed by atoms with Gasteiger partial charge in [0.15, 0.2) is 0 Å². The van der Waals surface area contributed by atoms with Crippen LogP contribution in [0.1, 0.15) is 25.3 Å². The molecule has 0 N–H and O–H groups in total. The molecule has 0 aliphatic heterocycles. The summed E-state index contributed by atoms with van der Waals surface area (Å²) in [5, 5.41) is 0. The smallest absolute Gasteiger partial charge is 0.416 e. The SMILES string of the molecule is C#CCCCN(C(C)=O)C(=O)OCc1ccccc1. The summed E-state index contributed by atoms with van der Waals surface area (Å²) in [6, 6.07) is 9.30. The first-order valence-corrected chi connectivity index (χ1v) is 6.07. The molecule has 0 aliphatic carbocycles. The Hall–Kier alpha value is -2.28. The van der Waals surface area contributed by atoms with Crippen molar-refractivity contribution in [2.45, 2.75) is 26.4 Å². The molecule has 2 amide bonds. The quantitative estimate of drug-likeness (QED) is 0.603. The number of hydrogen-bond acceptors (Lipinski definition) is 3. The van der Waals surface area contributed by atoms with Gasteiger partial charge in [0.2, 0.25) is 5.91 Å². The maximum atomic E-state index is 11.8. The molecule has 100 valence electrons. The molecule has 0 saturated heterocycles. The fourth-order valence-electron chi connectivity index (χ4n) is 1.51. The molecule has 4 heteroatoms. The van der Waals surface area contributed by atoms with Gasteiger partial charge in [0, 0.05) is 19.9 Å². The average Bonchev–Trinajstić information content (AvgIpc) is 2.42. The Bertz CT molecular complexity index is 462. The summed E-state index contributed by atoms with van der Waals surface area (Å²) in [5.41, 5.74) is 0.878. The van der Waals surface area contributed by atoms with E-state index < -0.39 is 6.09 Å². The fraction of sp³-hybridized carbons (Fsp3) is 0.333. The Kier molecular flexibility index (Phi) is 6.17. The second-order valence-electron chi connectivity index (χ2n) is 4.02. The third-order valence-electron chi connectivity index (χ3n) is 2.51. The summed E-state index contributed by atoms with van der Waals surface area (Å²) in [7, 11) is 0. The number of nitrogens with zero attached hydrogens (tertiary/aromatic N) is 1. The van der Waals surface area contributed by atoms with Crippen LogP contribution in [0, 0.1) is 12.3 Å². The van der Waals surface area contributed by atoms with Crippen LogP contribution in [0.25, 0.3) is 0 Å². The largest absolute Gasteiger partial charge is 0.444 e. The second kappa shape index (κ2) is 7.93. The van der Waals surface area contributed by atoms with Gasteiger partial charge in [-0.1, -0.05) is 30.3 Å². The lowest BCUT2D eigenvalue weighted by atomic mass is 10.2. The number of amides is 2. The van der Waals surface area contributed by atoms with Gasteiger partial charge in [0.1, 0.15) is 6.61 Å². The van der Waals surface area contributed by atoms with Crippen LogP contribution in [0.15, 0.2) is 30.3 Å². The van der Waals surface area contributed by atoms with E-state index in [1.165, 1.54) is 6.92 Å². The van der Waals surface area contributed by atoms with Gasteiger partial charge >= 0.3 is 6.09 Å². The van der Waals surface area contributed by atoms with E-state index in [1.807, 2.05) is 30.3 Å². The number of carbonyl (C=O) groups excluding carboxylic acids is 2.